The van der Waals surface area contributed by atoms with Gasteiger partial charge in [0.05, 0.1) is 0 Å². The Morgan fingerprint density at radius 2 is 2.33 bits per heavy atom. The Bertz CT molecular complexity index is 290. The van der Waals surface area contributed by atoms with Gasteiger partial charge in [-0.15, -0.1) is 0 Å². The number of nitrogens with zero attached hydrogens (tertiary/aromatic N) is 1. The number of alkyl halides is 2. The summed E-state index contributed by atoms with van der Waals surface area (Å²) in [6.07, 6.45) is 2.11. The standard InChI is InChI=1S/C10H15Cl2NO2/c1-3-10-5-4-6-13(10)7(9(2,11)12)15-8(10)14/h7H,3-6H2,1-2H3. The number of hydrogen-bond donors (Lipinski definition) is 0. The molecule has 0 aromatic heterocycles. The number of hydrogen-bond acceptors (Lipinski definition) is 3. The van der Waals surface area contributed by atoms with Gasteiger partial charge in [0.15, 0.2) is 10.6 Å². The maximum atomic E-state index is 11.9. The molecule has 2 aliphatic heterocycles. The lowest BCUT2D eigenvalue weighted by Gasteiger charge is -2.32. The van der Waals surface area contributed by atoms with Crippen molar-refractivity contribution in [2.24, 2.45) is 0 Å². The zero-order valence-corrected chi connectivity index (χ0v) is 10.4. The first kappa shape index (κ1) is 11.5. The summed E-state index contributed by atoms with van der Waals surface area (Å²) >= 11 is 12.1. The van der Waals surface area contributed by atoms with Crippen molar-refractivity contribution < 1.29 is 9.53 Å². The molecule has 0 aromatic carbocycles. The smallest absolute Gasteiger partial charge is 0.328 e. The first-order valence-corrected chi connectivity index (χ1v) is 6.03. The van der Waals surface area contributed by atoms with Crippen LogP contribution in [0.2, 0.25) is 0 Å². The Kier molecular flexibility index (Phi) is 2.69. The summed E-state index contributed by atoms with van der Waals surface area (Å²) in [5.41, 5.74) is -0.463. The number of ether oxygens (including phenoxy) is 1. The molecule has 2 fully saturated rings. The second-order valence-corrected chi connectivity index (χ2v) is 6.16. The third-order valence-corrected chi connectivity index (χ3v) is 3.81. The molecule has 0 aromatic rings. The van der Waals surface area contributed by atoms with Crippen molar-refractivity contribution in [2.45, 2.75) is 49.2 Å². The average molecular weight is 252 g/mol. The van der Waals surface area contributed by atoms with Crippen LogP contribution >= 0.6 is 23.2 Å². The highest BCUT2D eigenvalue weighted by atomic mass is 35.5. The maximum absolute atomic E-state index is 11.9. The van der Waals surface area contributed by atoms with Gasteiger partial charge in [0.1, 0.15) is 5.54 Å². The SMILES string of the molecule is CCC12CCCN1C(C(C)(Cl)Cl)OC2=O. The molecular weight excluding hydrogens is 237 g/mol. The van der Waals surface area contributed by atoms with Crippen LogP contribution in [0.15, 0.2) is 0 Å². The number of esters is 1. The molecule has 0 spiro atoms. The molecule has 0 aliphatic carbocycles. The van der Waals surface area contributed by atoms with E-state index in [9.17, 15) is 4.79 Å². The zero-order chi connectivity index (χ0) is 11.3. The van der Waals surface area contributed by atoms with E-state index in [2.05, 4.69) is 0 Å². The lowest BCUT2D eigenvalue weighted by Crippen LogP contribution is -2.49. The number of rotatable bonds is 2. The van der Waals surface area contributed by atoms with Crippen LogP contribution < -0.4 is 0 Å². The zero-order valence-electron chi connectivity index (χ0n) is 8.93. The highest BCUT2D eigenvalue weighted by Crippen LogP contribution is 2.46. The summed E-state index contributed by atoms with van der Waals surface area (Å²) < 4.78 is 4.27. The molecule has 0 N–H and O–H groups in total. The summed E-state index contributed by atoms with van der Waals surface area (Å²) in [6.45, 7) is 4.50. The Balaban J connectivity index is 2.32. The van der Waals surface area contributed by atoms with Gasteiger partial charge < -0.3 is 4.74 Å². The van der Waals surface area contributed by atoms with E-state index in [4.69, 9.17) is 27.9 Å². The van der Waals surface area contributed by atoms with E-state index in [1.807, 2.05) is 11.8 Å². The second kappa shape index (κ2) is 3.51. The number of carbonyl (C=O) groups excluding carboxylic acids is 1. The minimum Gasteiger partial charge on any atom is -0.442 e. The number of halogens is 2. The van der Waals surface area contributed by atoms with Crippen LogP contribution in [0.25, 0.3) is 0 Å². The minimum atomic E-state index is -1.04. The van der Waals surface area contributed by atoms with Crippen molar-refractivity contribution in [1.29, 1.82) is 0 Å². The highest BCUT2D eigenvalue weighted by molar-refractivity contribution is 6.48. The van der Waals surface area contributed by atoms with Crippen molar-refractivity contribution in [3.05, 3.63) is 0 Å². The average Bonchev–Trinajstić information content (AvgIpc) is 2.64. The van der Waals surface area contributed by atoms with Gasteiger partial charge in [0, 0.05) is 6.54 Å². The van der Waals surface area contributed by atoms with E-state index < -0.39 is 16.1 Å². The first-order valence-electron chi connectivity index (χ1n) is 5.27. The van der Waals surface area contributed by atoms with E-state index in [-0.39, 0.29) is 5.97 Å². The molecule has 2 aliphatic rings. The molecule has 2 unspecified atom stereocenters. The fourth-order valence-corrected chi connectivity index (χ4v) is 2.96. The predicted molar refractivity (Wildman–Crippen MR) is 59.0 cm³/mol. The van der Waals surface area contributed by atoms with Crippen LogP contribution in [0.4, 0.5) is 0 Å². The van der Waals surface area contributed by atoms with E-state index >= 15 is 0 Å². The minimum absolute atomic E-state index is 0.167. The van der Waals surface area contributed by atoms with Gasteiger partial charge in [-0.25, -0.2) is 9.69 Å². The Labute approximate surface area is 99.7 Å². The number of carbonyl (C=O) groups is 1. The van der Waals surface area contributed by atoms with Crippen LogP contribution in [0.1, 0.15) is 33.1 Å². The molecule has 0 bridgehead atoms. The second-order valence-electron chi connectivity index (χ2n) is 4.40. The number of fused-ring (bicyclic) bond motifs is 1. The van der Waals surface area contributed by atoms with Crippen LogP contribution in [0, 0.1) is 0 Å². The van der Waals surface area contributed by atoms with Crippen molar-refractivity contribution >= 4 is 29.2 Å². The van der Waals surface area contributed by atoms with E-state index in [1.54, 1.807) is 6.92 Å². The van der Waals surface area contributed by atoms with Crippen molar-refractivity contribution in [3.8, 4) is 0 Å². The predicted octanol–water partition coefficient (Wildman–Crippen LogP) is 2.31. The summed E-state index contributed by atoms with van der Waals surface area (Å²) in [7, 11) is 0. The quantitative estimate of drug-likeness (QED) is 0.558. The molecule has 0 amide bonds. The van der Waals surface area contributed by atoms with Gasteiger partial charge in [-0.2, -0.15) is 0 Å². The molecular formula is C10H15Cl2NO2. The normalized spacial score (nSPS) is 36.8. The molecule has 2 heterocycles. The third kappa shape index (κ3) is 1.56. The molecule has 2 saturated heterocycles. The van der Waals surface area contributed by atoms with E-state index in [0.717, 1.165) is 25.8 Å². The van der Waals surface area contributed by atoms with Gasteiger partial charge in [0.25, 0.3) is 0 Å². The summed E-state index contributed by atoms with van der Waals surface area (Å²) in [5.74, 6) is -0.167. The molecule has 3 nitrogen and oxygen atoms in total. The van der Waals surface area contributed by atoms with E-state index in [1.165, 1.54) is 0 Å². The maximum Gasteiger partial charge on any atom is 0.328 e. The van der Waals surface area contributed by atoms with Crippen molar-refractivity contribution in [1.82, 2.24) is 4.90 Å². The lowest BCUT2D eigenvalue weighted by atomic mass is 9.94. The molecule has 2 atom stereocenters. The Morgan fingerprint density at radius 3 is 2.87 bits per heavy atom. The Hall–Kier alpha value is 0.01000. The van der Waals surface area contributed by atoms with Crippen LogP contribution in [0.3, 0.4) is 0 Å². The van der Waals surface area contributed by atoms with Crippen molar-refractivity contribution in [3.63, 3.8) is 0 Å². The van der Waals surface area contributed by atoms with Gasteiger partial charge in [-0.3, -0.25) is 0 Å². The molecule has 0 saturated carbocycles. The van der Waals surface area contributed by atoms with Gasteiger partial charge >= 0.3 is 5.97 Å². The molecule has 86 valence electrons. The molecule has 5 heteroatoms. The van der Waals surface area contributed by atoms with Gasteiger partial charge in [-0.05, 0) is 26.2 Å². The summed E-state index contributed by atoms with van der Waals surface area (Å²) in [5, 5.41) is 0. The fraction of sp³-hybridized carbons (Fsp3) is 0.900. The van der Waals surface area contributed by atoms with Crippen LogP contribution in [-0.4, -0.2) is 33.5 Å². The molecule has 15 heavy (non-hydrogen) atoms. The van der Waals surface area contributed by atoms with Crippen LogP contribution in [0.5, 0.6) is 0 Å². The largest absolute Gasteiger partial charge is 0.442 e. The summed E-state index contributed by atoms with van der Waals surface area (Å²) in [4.78, 5) is 13.9. The van der Waals surface area contributed by atoms with E-state index in [0.29, 0.717) is 0 Å². The molecule has 0 radical (unpaired) electrons. The third-order valence-electron chi connectivity index (χ3n) is 3.44. The topological polar surface area (TPSA) is 29.5 Å². The van der Waals surface area contributed by atoms with Crippen LogP contribution in [-0.2, 0) is 9.53 Å². The monoisotopic (exact) mass is 251 g/mol. The van der Waals surface area contributed by atoms with Crippen molar-refractivity contribution in [2.75, 3.05) is 6.54 Å². The Morgan fingerprint density at radius 1 is 1.67 bits per heavy atom. The number of cyclic esters (lactones) is 1. The van der Waals surface area contributed by atoms with Gasteiger partial charge in [0.2, 0.25) is 0 Å². The molecule has 2 rings (SSSR count). The summed E-state index contributed by atoms with van der Waals surface area (Å²) in [6, 6.07) is 0. The highest BCUT2D eigenvalue weighted by Gasteiger charge is 2.60. The van der Waals surface area contributed by atoms with Gasteiger partial charge in [-0.1, -0.05) is 30.1 Å². The fourth-order valence-electron chi connectivity index (χ4n) is 2.64. The first-order chi connectivity index (χ1) is 6.92. The lowest BCUT2D eigenvalue weighted by molar-refractivity contribution is -0.146.